The van der Waals surface area contributed by atoms with E-state index in [1.54, 1.807) is 0 Å². The Labute approximate surface area is 108 Å². The van der Waals surface area contributed by atoms with Crippen LogP contribution < -0.4 is 17.2 Å². The Bertz CT molecular complexity index is 541. The highest BCUT2D eigenvalue weighted by Crippen LogP contribution is 2.33. The van der Waals surface area contributed by atoms with Crippen LogP contribution in [-0.2, 0) is 5.54 Å². The van der Waals surface area contributed by atoms with Gasteiger partial charge in [-0.2, -0.15) is 0 Å². The zero-order valence-corrected chi connectivity index (χ0v) is 10.6. The topological polar surface area (TPSA) is 78.1 Å². The molecule has 1 unspecified atom stereocenters. The van der Waals surface area contributed by atoms with E-state index < -0.39 is 5.54 Å². The summed E-state index contributed by atoms with van der Waals surface area (Å²) in [5.74, 6) is 0. The molecule has 0 saturated heterocycles. The molecule has 18 heavy (non-hydrogen) atoms. The molecule has 1 aliphatic rings. The van der Waals surface area contributed by atoms with Gasteiger partial charge in [0.15, 0.2) is 0 Å². The summed E-state index contributed by atoms with van der Waals surface area (Å²) in [4.78, 5) is 0. The zero-order valence-electron chi connectivity index (χ0n) is 10.6. The molecule has 0 bridgehead atoms. The standard InChI is InChI=1S/C15H19N3/c1-2-4-12-13(5-3-6-14(12)17)15(18)9-7-11(16)8-10-15/h2-9H,10,16-18H2,1H3/b4-2+. The summed E-state index contributed by atoms with van der Waals surface area (Å²) in [5.41, 5.74) is 21.2. The van der Waals surface area contributed by atoms with Crippen LogP contribution in [-0.4, -0.2) is 0 Å². The highest BCUT2D eigenvalue weighted by atomic mass is 14.7. The van der Waals surface area contributed by atoms with Gasteiger partial charge in [-0.05, 0) is 31.1 Å². The first-order chi connectivity index (χ1) is 8.57. The molecule has 1 aromatic carbocycles. The van der Waals surface area contributed by atoms with Gasteiger partial charge in [0.2, 0.25) is 0 Å². The lowest BCUT2D eigenvalue weighted by Crippen LogP contribution is -2.36. The van der Waals surface area contributed by atoms with Crippen LogP contribution in [0.4, 0.5) is 5.69 Å². The van der Waals surface area contributed by atoms with Crippen molar-refractivity contribution < 1.29 is 0 Å². The molecule has 1 aliphatic carbocycles. The van der Waals surface area contributed by atoms with Crippen LogP contribution in [0.3, 0.4) is 0 Å². The summed E-state index contributed by atoms with van der Waals surface area (Å²) < 4.78 is 0. The van der Waals surface area contributed by atoms with Crippen LogP contribution in [0.25, 0.3) is 6.08 Å². The van der Waals surface area contributed by atoms with E-state index in [4.69, 9.17) is 17.2 Å². The van der Waals surface area contributed by atoms with E-state index in [1.165, 1.54) is 0 Å². The van der Waals surface area contributed by atoms with E-state index in [1.807, 2.05) is 55.5 Å². The summed E-state index contributed by atoms with van der Waals surface area (Å²) in [6, 6.07) is 5.84. The maximum absolute atomic E-state index is 6.47. The van der Waals surface area contributed by atoms with Gasteiger partial charge in [0.25, 0.3) is 0 Å². The quantitative estimate of drug-likeness (QED) is 0.695. The average Bonchev–Trinajstić information content (AvgIpc) is 2.36. The largest absolute Gasteiger partial charge is 0.399 e. The summed E-state index contributed by atoms with van der Waals surface area (Å²) in [5, 5.41) is 0. The van der Waals surface area contributed by atoms with E-state index in [0.717, 1.165) is 22.5 Å². The molecule has 0 saturated carbocycles. The number of rotatable bonds is 2. The minimum Gasteiger partial charge on any atom is -0.399 e. The molecular weight excluding hydrogens is 222 g/mol. The second-order valence-corrected chi connectivity index (χ2v) is 4.59. The molecule has 0 heterocycles. The first-order valence-corrected chi connectivity index (χ1v) is 6.02. The second kappa shape index (κ2) is 4.70. The molecule has 3 heteroatoms. The molecule has 0 radical (unpaired) electrons. The Morgan fingerprint density at radius 1 is 1.28 bits per heavy atom. The molecule has 2 rings (SSSR count). The zero-order chi connectivity index (χ0) is 13.2. The van der Waals surface area contributed by atoms with Gasteiger partial charge in [0.1, 0.15) is 0 Å². The fourth-order valence-electron chi connectivity index (χ4n) is 2.21. The smallest absolute Gasteiger partial charge is 0.0641 e. The lowest BCUT2D eigenvalue weighted by Gasteiger charge is -2.30. The van der Waals surface area contributed by atoms with Crippen LogP contribution in [0, 0.1) is 0 Å². The Kier molecular flexibility index (Phi) is 3.26. The van der Waals surface area contributed by atoms with Crippen molar-refractivity contribution >= 4 is 11.8 Å². The van der Waals surface area contributed by atoms with Gasteiger partial charge in [0, 0.05) is 16.9 Å². The van der Waals surface area contributed by atoms with Crippen molar-refractivity contribution in [2.75, 3.05) is 5.73 Å². The van der Waals surface area contributed by atoms with Gasteiger partial charge in [-0.1, -0.05) is 36.4 Å². The lowest BCUT2D eigenvalue weighted by atomic mass is 9.81. The average molecular weight is 241 g/mol. The molecule has 0 spiro atoms. The van der Waals surface area contributed by atoms with Crippen LogP contribution in [0.5, 0.6) is 0 Å². The van der Waals surface area contributed by atoms with Gasteiger partial charge in [-0.3, -0.25) is 0 Å². The number of hydrogen-bond donors (Lipinski definition) is 3. The maximum Gasteiger partial charge on any atom is 0.0641 e. The molecular formula is C15H19N3. The van der Waals surface area contributed by atoms with Gasteiger partial charge in [-0.15, -0.1) is 0 Å². The summed E-state index contributed by atoms with van der Waals surface area (Å²) >= 11 is 0. The highest BCUT2D eigenvalue weighted by Gasteiger charge is 2.27. The van der Waals surface area contributed by atoms with Crippen molar-refractivity contribution in [3.8, 4) is 0 Å². The third-order valence-corrected chi connectivity index (χ3v) is 3.22. The Balaban J connectivity index is 2.52. The predicted molar refractivity (Wildman–Crippen MR) is 77.5 cm³/mol. The van der Waals surface area contributed by atoms with E-state index in [-0.39, 0.29) is 0 Å². The molecule has 0 amide bonds. The second-order valence-electron chi connectivity index (χ2n) is 4.59. The number of nitrogens with two attached hydrogens (primary N) is 3. The van der Waals surface area contributed by atoms with E-state index in [2.05, 4.69) is 0 Å². The number of allylic oxidation sites excluding steroid dienone is 2. The maximum atomic E-state index is 6.47. The molecule has 1 aromatic rings. The molecule has 1 atom stereocenters. The van der Waals surface area contributed by atoms with Crippen molar-refractivity contribution in [3.05, 3.63) is 59.3 Å². The van der Waals surface area contributed by atoms with E-state index in [9.17, 15) is 0 Å². The minimum absolute atomic E-state index is 0.535. The summed E-state index contributed by atoms with van der Waals surface area (Å²) in [6.07, 6.45) is 10.4. The summed E-state index contributed by atoms with van der Waals surface area (Å²) in [7, 11) is 0. The SMILES string of the molecule is C/C=C/c1c(N)cccc1C1(N)C=CC(N)=CC1. The molecule has 6 N–H and O–H groups in total. The third kappa shape index (κ3) is 2.17. The Hall–Kier alpha value is -2.00. The first-order valence-electron chi connectivity index (χ1n) is 6.02. The predicted octanol–water partition coefficient (Wildman–Crippen LogP) is 2.26. The third-order valence-electron chi connectivity index (χ3n) is 3.22. The minimum atomic E-state index is -0.535. The molecule has 0 fully saturated rings. The van der Waals surface area contributed by atoms with Gasteiger partial charge >= 0.3 is 0 Å². The molecule has 0 aromatic heterocycles. The van der Waals surface area contributed by atoms with Crippen LogP contribution >= 0.6 is 0 Å². The van der Waals surface area contributed by atoms with Gasteiger partial charge < -0.3 is 17.2 Å². The number of hydrogen-bond acceptors (Lipinski definition) is 3. The highest BCUT2D eigenvalue weighted by molar-refractivity contribution is 5.69. The molecule has 94 valence electrons. The molecule has 3 nitrogen and oxygen atoms in total. The van der Waals surface area contributed by atoms with Crippen molar-refractivity contribution in [2.45, 2.75) is 18.9 Å². The van der Waals surface area contributed by atoms with Crippen molar-refractivity contribution in [3.63, 3.8) is 0 Å². The van der Waals surface area contributed by atoms with Crippen LogP contribution in [0.2, 0.25) is 0 Å². The normalized spacial score (nSPS) is 23.3. The number of nitrogen functional groups attached to an aromatic ring is 1. The van der Waals surface area contributed by atoms with E-state index >= 15 is 0 Å². The Morgan fingerprint density at radius 3 is 2.67 bits per heavy atom. The van der Waals surface area contributed by atoms with Crippen LogP contribution in [0.15, 0.2) is 48.2 Å². The first kappa shape index (κ1) is 12.5. The van der Waals surface area contributed by atoms with Crippen molar-refractivity contribution in [1.82, 2.24) is 0 Å². The molecule has 0 aliphatic heterocycles. The monoisotopic (exact) mass is 241 g/mol. The number of benzene rings is 1. The fraction of sp³-hybridized carbons (Fsp3) is 0.200. The van der Waals surface area contributed by atoms with Crippen molar-refractivity contribution in [2.24, 2.45) is 11.5 Å². The lowest BCUT2D eigenvalue weighted by molar-refractivity contribution is 0.561. The van der Waals surface area contributed by atoms with E-state index in [0.29, 0.717) is 6.42 Å². The fourth-order valence-corrected chi connectivity index (χ4v) is 2.21. The Morgan fingerprint density at radius 2 is 2.06 bits per heavy atom. The van der Waals surface area contributed by atoms with Crippen molar-refractivity contribution in [1.29, 1.82) is 0 Å². The van der Waals surface area contributed by atoms with Gasteiger partial charge in [0.05, 0.1) is 5.54 Å². The summed E-state index contributed by atoms with van der Waals surface area (Å²) in [6.45, 7) is 1.97. The van der Waals surface area contributed by atoms with Crippen LogP contribution in [0.1, 0.15) is 24.5 Å². The number of anilines is 1. The van der Waals surface area contributed by atoms with Gasteiger partial charge in [-0.25, -0.2) is 0 Å².